The van der Waals surface area contributed by atoms with Gasteiger partial charge in [-0.25, -0.2) is 0 Å². The molecule has 2 N–H and O–H groups in total. The van der Waals surface area contributed by atoms with Crippen molar-refractivity contribution in [2.75, 3.05) is 0 Å². The van der Waals surface area contributed by atoms with Crippen molar-refractivity contribution in [1.82, 2.24) is 9.78 Å². The van der Waals surface area contributed by atoms with Gasteiger partial charge in [0.05, 0.1) is 11.4 Å². The first-order valence-corrected chi connectivity index (χ1v) is 5.59. The third kappa shape index (κ3) is 2.59. The van der Waals surface area contributed by atoms with Gasteiger partial charge in [0, 0.05) is 17.5 Å². The van der Waals surface area contributed by atoms with Gasteiger partial charge in [-0.15, -0.1) is 0 Å². The van der Waals surface area contributed by atoms with Crippen LogP contribution in [-0.4, -0.2) is 9.78 Å². The van der Waals surface area contributed by atoms with Crippen LogP contribution in [0.2, 0.25) is 0 Å². The van der Waals surface area contributed by atoms with Crippen LogP contribution in [0.1, 0.15) is 65.0 Å². The Labute approximate surface area is 92.7 Å². The molecule has 3 nitrogen and oxygen atoms in total. The van der Waals surface area contributed by atoms with E-state index in [0.717, 1.165) is 11.4 Å². The van der Waals surface area contributed by atoms with Gasteiger partial charge in [0.15, 0.2) is 0 Å². The Balaban J connectivity index is 3.21. The molecule has 0 saturated heterocycles. The average molecular weight is 209 g/mol. The molecule has 0 aliphatic rings. The quantitative estimate of drug-likeness (QED) is 0.814. The smallest absolute Gasteiger partial charge is 0.0681 e. The molecule has 3 heteroatoms. The summed E-state index contributed by atoms with van der Waals surface area (Å²) in [7, 11) is 0. The van der Waals surface area contributed by atoms with E-state index in [1.165, 1.54) is 0 Å². The number of rotatable bonds is 2. The van der Waals surface area contributed by atoms with Crippen molar-refractivity contribution >= 4 is 0 Å². The molecule has 0 aliphatic heterocycles. The van der Waals surface area contributed by atoms with Crippen molar-refractivity contribution in [2.45, 2.75) is 59.0 Å². The monoisotopic (exact) mass is 209 g/mol. The fraction of sp³-hybridized carbons (Fsp3) is 0.750. The predicted octanol–water partition coefficient (Wildman–Crippen LogP) is 2.78. The fourth-order valence-electron chi connectivity index (χ4n) is 1.53. The van der Waals surface area contributed by atoms with Crippen molar-refractivity contribution < 1.29 is 0 Å². The lowest BCUT2D eigenvalue weighted by Crippen LogP contribution is -2.15. The van der Waals surface area contributed by atoms with E-state index in [9.17, 15) is 0 Å². The average Bonchev–Trinajstić information content (AvgIpc) is 2.45. The number of nitrogens with zero attached hydrogens (tertiary/aromatic N) is 2. The molecule has 1 aromatic rings. The molecular formula is C12H23N3. The van der Waals surface area contributed by atoms with E-state index in [1.54, 1.807) is 0 Å². The normalized spacial score (nSPS) is 14.7. The highest BCUT2D eigenvalue weighted by molar-refractivity contribution is 5.20. The lowest BCUT2D eigenvalue weighted by Gasteiger charge is -2.15. The Morgan fingerprint density at radius 1 is 1.27 bits per heavy atom. The van der Waals surface area contributed by atoms with Crippen molar-refractivity contribution in [2.24, 2.45) is 5.73 Å². The van der Waals surface area contributed by atoms with E-state index < -0.39 is 0 Å². The maximum atomic E-state index is 5.95. The van der Waals surface area contributed by atoms with Crippen molar-refractivity contribution in [3.05, 3.63) is 17.5 Å². The summed E-state index contributed by atoms with van der Waals surface area (Å²) in [5.41, 5.74) is 8.27. The summed E-state index contributed by atoms with van der Waals surface area (Å²) < 4.78 is 2.03. The minimum absolute atomic E-state index is 0.0380. The van der Waals surface area contributed by atoms with Gasteiger partial charge in [-0.3, -0.25) is 4.68 Å². The third-order valence-corrected chi connectivity index (χ3v) is 2.49. The number of hydrogen-bond donors (Lipinski definition) is 1. The molecule has 86 valence electrons. The maximum absolute atomic E-state index is 5.95. The molecule has 0 bridgehead atoms. The van der Waals surface area contributed by atoms with Gasteiger partial charge in [0.25, 0.3) is 0 Å². The fourth-order valence-corrected chi connectivity index (χ4v) is 1.53. The Morgan fingerprint density at radius 2 is 1.80 bits per heavy atom. The SMILES string of the molecule is CC(C)n1nc(C(C)(C)C)cc1[C@H](C)N. The van der Waals surface area contributed by atoms with E-state index in [4.69, 9.17) is 5.73 Å². The van der Waals surface area contributed by atoms with E-state index in [2.05, 4.69) is 45.8 Å². The van der Waals surface area contributed by atoms with Gasteiger partial charge < -0.3 is 5.73 Å². The first-order valence-electron chi connectivity index (χ1n) is 5.59. The summed E-state index contributed by atoms with van der Waals surface area (Å²) in [5.74, 6) is 0. The molecule has 0 saturated carbocycles. The summed E-state index contributed by atoms with van der Waals surface area (Å²) in [6, 6.07) is 2.53. The standard InChI is InChI=1S/C12H23N3/c1-8(2)15-10(9(3)13)7-11(14-15)12(4,5)6/h7-9H,13H2,1-6H3/t9-/m0/s1. The lowest BCUT2D eigenvalue weighted by molar-refractivity contribution is 0.472. The summed E-state index contributed by atoms with van der Waals surface area (Å²) >= 11 is 0. The molecule has 0 amide bonds. The number of nitrogens with two attached hydrogens (primary N) is 1. The van der Waals surface area contributed by atoms with Crippen LogP contribution >= 0.6 is 0 Å². The van der Waals surface area contributed by atoms with Gasteiger partial charge >= 0.3 is 0 Å². The summed E-state index contributed by atoms with van der Waals surface area (Å²) in [6.45, 7) is 12.8. The van der Waals surface area contributed by atoms with Crippen LogP contribution in [0.25, 0.3) is 0 Å². The zero-order valence-corrected chi connectivity index (χ0v) is 10.7. The molecule has 1 rings (SSSR count). The lowest BCUT2D eigenvalue weighted by atomic mass is 9.92. The second-order valence-electron chi connectivity index (χ2n) is 5.53. The van der Waals surface area contributed by atoms with Gasteiger partial charge in [0.2, 0.25) is 0 Å². The van der Waals surface area contributed by atoms with Crippen molar-refractivity contribution in [3.8, 4) is 0 Å². The van der Waals surface area contributed by atoms with Crippen molar-refractivity contribution in [3.63, 3.8) is 0 Å². The zero-order valence-electron chi connectivity index (χ0n) is 10.7. The predicted molar refractivity (Wildman–Crippen MR) is 63.9 cm³/mol. The zero-order chi connectivity index (χ0) is 11.8. The van der Waals surface area contributed by atoms with E-state index >= 15 is 0 Å². The molecule has 0 unspecified atom stereocenters. The molecule has 0 fully saturated rings. The Bertz CT molecular complexity index is 304. The van der Waals surface area contributed by atoms with E-state index in [-0.39, 0.29) is 11.5 Å². The largest absolute Gasteiger partial charge is 0.323 e. The third-order valence-electron chi connectivity index (χ3n) is 2.49. The summed E-state index contributed by atoms with van der Waals surface area (Å²) in [5, 5.41) is 4.64. The van der Waals surface area contributed by atoms with Gasteiger partial charge in [-0.05, 0) is 26.8 Å². The number of hydrogen-bond acceptors (Lipinski definition) is 2. The minimum atomic E-state index is 0.0380. The van der Waals surface area contributed by atoms with E-state index in [1.807, 2.05) is 11.6 Å². The molecule has 15 heavy (non-hydrogen) atoms. The van der Waals surface area contributed by atoms with Crippen LogP contribution in [0.5, 0.6) is 0 Å². The molecule has 0 radical (unpaired) electrons. The van der Waals surface area contributed by atoms with Gasteiger partial charge in [-0.2, -0.15) is 5.10 Å². The molecular weight excluding hydrogens is 186 g/mol. The van der Waals surface area contributed by atoms with Crippen LogP contribution in [0.3, 0.4) is 0 Å². The van der Waals surface area contributed by atoms with Gasteiger partial charge in [0.1, 0.15) is 0 Å². The highest BCUT2D eigenvalue weighted by atomic mass is 15.3. The second kappa shape index (κ2) is 3.97. The first-order chi connectivity index (χ1) is 6.73. The van der Waals surface area contributed by atoms with E-state index in [0.29, 0.717) is 6.04 Å². The number of aromatic nitrogens is 2. The molecule has 1 heterocycles. The minimum Gasteiger partial charge on any atom is -0.323 e. The second-order valence-corrected chi connectivity index (χ2v) is 5.53. The van der Waals surface area contributed by atoms with Gasteiger partial charge in [-0.1, -0.05) is 20.8 Å². The van der Waals surface area contributed by atoms with Crippen LogP contribution in [-0.2, 0) is 5.41 Å². The van der Waals surface area contributed by atoms with Crippen LogP contribution < -0.4 is 5.73 Å². The molecule has 0 aliphatic carbocycles. The maximum Gasteiger partial charge on any atom is 0.0681 e. The Morgan fingerprint density at radius 3 is 2.07 bits per heavy atom. The molecule has 0 aromatic carbocycles. The molecule has 0 spiro atoms. The molecule has 1 atom stereocenters. The van der Waals surface area contributed by atoms with Crippen LogP contribution in [0.4, 0.5) is 0 Å². The van der Waals surface area contributed by atoms with Crippen molar-refractivity contribution in [1.29, 1.82) is 0 Å². The first kappa shape index (κ1) is 12.2. The Hall–Kier alpha value is -0.830. The highest BCUT2D eigenvalue weighted by Gasteiger charge is 2.21. The van der Waals surface area contributed by atoms with Crippen LogP contribution in [0.15, 0.2) is 6.07 Å². The summed E-state index contributed by atoms with van der Waals surface area (Å²) in [6.07, 6.45) is 0. The molecule has 1 aromatic heterocycles. The Kier molecular flexibility index (Phi) is 3.24. The summed E-state index contributed by atoms with van der Waals surface area (Å²) in [4.78, 5) is 0. The van der Waals surface area contributed by atoms with Crippen LogP contribution in [0, 0.1) is 0 Å². The topological polar surface area (TPSA) is 43.8 Å². The highest BCUT2D eigenvalue weighted by Crippen LogP contribution is 2.25.